The predicted molar refractivity (Wildman–Crippen MR) is 55.8 cm³/mol. The van der Waals surface area contributed by atoms with E-state index in [-0.39, 0.29) is 12.6 Å². The third kappa shape index (κ3) is 3.30. The molecule has 0 bridgehead atoms. The Bertz CT molecular complexity index is 361. The van der Waals surface area contributed by atoms with E-state index >= 15 is 0 Å². The van der Waals surface area contributed by atoms with Crippen LogP contribution in [0.15, 0.2) is 23.0 Å². The summed E-state index contributed by atoms with van der Waals surface area (Å²) in [4.78, 5) is 24.7. The van der Waals surface area contributed by atoms with Crippen LogP contribution in [0.25, 0.3) is 0 Å². The number of carboxylic acids is 1. The van der Waals surface area contributed by atoms with Crippen molar-refractivity contribution in [2.45, 2.75) is 6.54 Å². The highest BCUT2D eigenvalue weighted by atomic mass is 16.4. The quantitative estimate of drug-likeness (QED) is 0.825. The first-order valence-electron chi connectivity index (χ1n) is 4.70. The lowest BCUT2D eigenvalue weighted by molar-refractivity contribution is -0.137. The van der Waals surface area contributed by atoms with Crippen molar-refractivity contribution in [2.24, 2.45) is 0 Å². The molecule has 1 N–H and O–H groups in total. The minimum Gasteiger partial charge on any atom is -0.480 e. The normalized spacial score (nSPS) is 9.88. The number of carbonyl (C=O) groups is 2. The van der Waals surface area contributed by atoms with E-state index in [1.165, 1.54) is 18.2 Å². The van der Waals surface area contributed by atoms with Gasteiger partial charge in [-0.3, -0.25) is 4.79 Å². The Hall–Kier alpha value is -1.98. The second-order valence-corrected chi connectivity index (χ2v) is 3.52. The number of rotatable bonds is 4. The van der Waals surface area contributed by atoms with Crippen molar-refractivity contribution in [3.05, 3.63) is 24.2 Å². The second kappa shape index (κ2) is 5.20. The fourth-order valence-corrected chi connectivity index (χ4v) is 1.29. The minimum absolute atomic E-state index is 0.311. The van der Waals surface area contributed by atoms with Gasteiger partial charge in [0, 0.05) is 19.7 Å². The number of carbonyl (C=O) groups excluding carboxylic acids is 1. The van der Waals surface area contributed by atoms with Crippen molar-refractivity contribution < 1.29 is 19.1 Å². The summed E-state index contributed by atoms with van der Waals surface area (Å²) in [6.07, 6.45) is 3.07. The van der Waals surface area contributed by atoms with Gasteiger partial charge in [-0.25, -0.2) is 4.79 Å². The van der Waals surface area contributed by atoms with Crippen LogP contribution >= 0.6 is 0 Å². The van der Waals surface area contributed by atoms with Crippen LogP contribution in [-0.2, 0) is 11.3 Å². The number of urea groups is 1. The maximum Gasteiger partial charge on any atom is 0.323 e. The minimum atomic E-state index is -1.03. The lowest BCUT2D eigenvalue weighted by atomic mass is 10.3. The molecular formula is C10H14N2O4. The van der Waals surface area contributed by atoms with E-state index in [0.717, 1.165) is 10.5 Å². The summed E-state index contributed by atoms with van der Waals surface area (Å²) in [6, 6.07) is 1.41. The number of nitrogens with zero attached hydrogens (tertiary/aromatic N) is 2. The van der Waals surface area contributed by atoms with Crippen LogP contribution in [0, 0.1) is 0 Å². The number of hydrogen-bond donors (Lipinski definition) is 1. The van der Waals surface area contributed by atoms with Gasteiger partial charge in [0.1, 0.15) is 6.54 Å². The number of furan rings is 1. The average molecular weight is 226 g/mol. The Kier molecular flexibility index (Phi) is 3.93. The number of likely N-dealkylation sites (N-methyl/N-ethyl adjacent to an activating group) is 1. The van der Waals surface area contributed by atoms with Crippen LogP contribution in [0.5, 0.6) is 0 Å². The Morgan fingerprint density at radius 3 is 2.56 bits per heavy atom. The van der Waals surface area contributed by atoms with Gasteiger partial charge in [0.2, 0.25) is 0 Å². The van der Waals surface area contributed by atoms with Gasteiger partial charge in [-0.1, -0.05) is 0 Å². The van der Waals surface area contributed by atoms with E-state index in [9.17, 15) is 9.59 Å². The summed E-state index contributed by atoms with van der Waals surface area (Å²) in [5, 5.41) is 8.54. The molecule has 0 saturated carbocycles. The molecule has 88 valence electrons. The molecule has 0 radical (unpaired) electrons. The molecule has 1 aromatic rings. The average Bonchev–Trinajstić information content (AvgIpc) is 2.68. The van der Waals surface area contributed by atoms with Crippen LogP contribution in [-0.4, -0.2) is 47.5 Å². The highest BCUT2D eigenvalue weighted by Crippen LogP contribution is 2.05. The summed E-state index contributed by atoms with van der Waals surface area (Å²) >= 11 is 0. The molecule has 1 heterocycles. The molecule has 0 unspecified atom stereocenters. The molecule has 0 atom stereocenters. The molecule has 0 aromatic carbocycles. The van der Waals surface area contributed by atoms with Gasteiger partial charge in [0.05, 0.1) is 19.1 Å². The maximum atomic E-state index is 11.7. The lowest BCUT2D eigenvalue weighted by Gasteiger charge is -2.23. The van der Waals surface area contributed by atoms with Crippen molar-refractivity contribution in [3.63, 3.8) is 0 Å². The molecule has 0 fully saturated rings. The molecule has 1 rings (SSSR count). The van der Waals surface area contributed by atoms with Crippen LogP contribution < -0.4 is 0 Å². The highest BCUT2D eigenvalue weighted by Gasteiger charge is 2.16. The number of carboxylic acid groups (broad SMARTS) is 1. The van der Waals surface area contributed by atoms with Crippen molar-refractivity contribution in [1.82, 2.24) is 9.80 Å². The van der Waals surface area contributed by atoms with Gasteiger partial charge in [-0.15, -0.1) is 0 Å². The van der Waals surface area contributed by atoms with Gasteiger partial charge in [0.15, 0.2) is 0 Å². The van der Waals surface area contributed by atoms with Gasteiger partial charge in [-0.2, -0.15) is 0 Å². The summed E-state index contributed by atoms with van der Waals surface area (Å²) in [6.45, 7) is 0.0772. The van der Waals surface area contributed by atoms with Gasteiger partial charge < -0.3 is 19.3 Å². The first-order valence-corrected chi connectivity index (χ1v) is 4.70. The molecule has 0 aliphatic rings. The van der Waals surface area contributed by atoms with Crippen molar-refractivity contribution in [2.75, 3.05) is 20.6 Å². The van der Waals surface area contributed by atoms with E-state index in [0.29, 0.717) is 6.54 Å². The van der Waals surface area contributed by atoms with E-state index in [4.69, 9.17) is 9.52 Å². The van der Waals surface area contributed by atoms with E-state index < -0.39 is 5.97 Å². The number of hydrogen-bond acceptors (Lipinski definition) is 3. The Morgan fingerprint density at radius 1 is 1.38 bits per heavy atom. The van der Waals surface area contributed by atoms with Crippen LogP contribution in [0.2, 0.25) is 0 Å². The molecular weight excluding hydrogens is 212 g/mol. The fraction of sp³-hybridized carbons (Fsp3) is 0.400. The van der Waals surface area contributed by atoms with Crippen LogP contribution in [0.4, 0.5) is 4.79 Å². The van der Waals surface area contributed by atoms with Gasteiger partial charge in [-0.05, 0) is 6.07 Å². The molecule has 0 saturated heterocycles. The maximum absolute atomic E-state index is 11.7. The summed E-state index contributed by atoms with van der Waals surface area (Å²) in [5.74, 6) is -1.03. The van der Waals surface area contributed by atoms with Gasteiger partial charge in [0.25, 0.3) is 0 Å². The van der Waals surface area contributed by atoms with Crippen molar-refractivity contribution in [1.29, 1.82) is 0 Å². The molecule has 16 heavy (non-hydrogen) atoms. The van der Waals surface area contributed by atoms with Crippen LogP contribution in [0.1, 0.15) is 5.56 Å². The number of aliphatic carboxylic acids is 1. The summed E-state index contributed by atoms with van der Waals surface area (Å²) in [5.41, 5.74) is 0.861. The standard InChI is InChI=1S/C10H14N2O4/c1-11(5-8-3-4-16-7-8)10(15)12(2)6-9(13)14/h3-4,7H,5-6H2,1-2H3,(H,13,14). The summed E-state index contributed by atoms with van der Waals surface area (Å²) in [7, 11) is 3.05. The smallest absolute Gasteiger partial charge is 0.323 e. The van der Waals surface area contributed by atoms with Crippen molar-refractivity contribution >= 4 is 12.0 Å². The Labute approximate surface area is 93.1 Å². The van der Waals surface area contributed by atoms with E-state index in [1.807, 2.05) is 0 Å². The molecule has 0 aliphatic carbocycles. The molecule has 0 aliphatic heterocycles. The van der Waals surface area contributed by atoms with E-state index in [2.05, 4.69) is 0 Å². The largest absolute Gasteiger partial charge is 0.480 e. The molecule has 1 aromatic heterocycles. The highest BCUT2D eigenvalue weighted by molar-refractivity contribution is 5.79. The second-order valence-electron chi connectivity index (χ2n) is 3.52. The zero-order valence-electron chi connectivity index (χ0n) is 9.21. The molecule has 6 heteroatoms. The Balaban J connectivity index is 2.50. The Morgan fingerprint density at radius 2 is 2.06 bits per heavy atom. The first kappa shape index (κ1) is 12.1. The third-order valence-electron chi connectivity index (χ3n) is 2.03. The third-order valence-corrected chi connectivity index (χ3v) is 2.03. The topological polar surface area (TPSA) is 74.0 Å². The fourth-order valence-electron chi connectivity index (χ4n) is 1.29. The molecule has 6 nitrogen and oxygen atoms in total. The van der Waals surface area contributed by atoms with Gasteiger partial charge >= 0.3 is 12.0 Å². The first-order chi connectivity index (χ1) is 7.50. The summed E-state index contributed by atoms with van der Waals surface area (Å²) < 4.78 is 4.87. The zero-order valence-corrected chi connectivity index (χ0v) is 9.21. The van der Waals surface area contributed by atoms with Crippen LogP contribution in [0.3, 0.4) is 0 Å². The van der Waals surface area contributed by atoms with E-state index in [1.54, 1.807) is 19.4 Å². The predicted octanol–water partition coefficient (Wildman–Crippen LogP) is 0.848. The van der Waals surface area contributed by atoms with Crippen molar-refractivity contribution in [3.8, 4) is 0 Å². The molecule has 2 amide bonds. The number of amides is 2. The monoisotopic (exact) mass is 226 g/mol. The molecule has 0 spiro atoms. The zero-order chi connectivity index (χ0) is 12.1. The SMILES string of the molecule is CN(CC(=O)O)C(=O)N(C)Cc1ccoc1. The lowest BCUT2D eigenvalue weighted by Crippen LogP contribution is -2.40.